The SMILES string of the molecule is CC(=NNC(=O)COc1ccc(Cl)cc1C)c1ccc2ccccc2c1. The quantitative estimate of drug-likeness (QED) is 0.524. The molecule has 132 valence electrons. The van der Waals surface area contributed by atoms with Crippen molar-refractivity contribution in [3.63, 3.8) is 0 Å². The van der Waals surface area contributed by atoms with Crippen LogP contribution < -0.4 is 10.2 Å². The Morgan fingerprint density at radius 2 is 1.85 bits per heavy atom. The number of ether oxygens (including phenoxy) is 1. The Balaban J connectivity index is 1.61. The highest BCUT2D eigenvalue weighted by atomic mass is 35.5. The van der Waals surface area contributed by atoms with Crippen LogP contribution in [0, 0.1) is 6.92 Å². The van der Waals surface area contributed by atoms with Crippen LogP contribution >= 0.6 is 11.6 Å². The van der Waals surface area contributed by atoms with Gasteiger partial charge in [-0.1, -0.05) is 48.0 Å². The zero-order valence-electron chi connectivity index (χ0n) is 14.6. The second kappa shape index (κ2) is 8.02. The molecule has 1 N–H and O–H groups in total. The van der Waals surface area contributed by atoms with Crippen LogP contribution in [0.5, 0.6) is 5.75 Å². The molecule has 3 rings (SSSR count). The van der Waals surface area contributed by atoms with E-state index in [1.807, 2.05) is 50.2 Å². The zero-order chi connectivity index (χ0) is 18.5. The molecule has 0 bridgehead atoms. The van der Waals surface area contributed by atoms with E-state index >= 15 is 0 Å². The molecule has 4 nitrogen and oxygen atoms in total. The van der Waals surface area contributed by atoms with Crippen LogP contribution in [0.4, 0.5) is 0 Å². The Bertz CT molecular complexity index is 983. The number of carbonyl (C=O) groups excluding carboxylic acids is 1. The summed E-state index contributed by atoms with van der Waals surface area (Å²) in [6.45, 7) is 3.62. The molecule has 26 heavy (non-hydrogen) atoms. The number of hydrogen-bond acceptors (Lipinski definition) is 3. The van der Waals surface area contributed by atoms with Crippen molar-refractivity contribution in [2.24, 2.45) is 5.10 Å². The van der Waals surface area contributed by atoms with Gasteiger partial charge in [0.1, 0.15) is 5.75 Å². The summed E-state index contributed by atoms with van der Waals surface area (Å²) in [7, 11) is 0. The van der Waals surface area contributed by atoms with Crippen molar-refractivity contribution < 1.29 is 9.53 Å². The normalized spacial score (nSPS) is 11.4. The predicted molar refractivity (Wildman–Crippen MR) is 106 cm³/mol. The van der Waals surface area contributed by atoms with Crippen LogP contribution in [-0.4, -0.2) is 18.2 Å². The number of halogens is 1. The summed E-state index contributed by atoms with van der Waals surface area (Å²) in [5.41, 5.74) is 5.09. The second-order valence-electron chi connectivity index (χ2n) is 5.99. The smallest absolute Gasteiger partial charge is 0.277 e. The number of amides is 1. The Morgan fingerprint density at radius 3 is 2.62 bits per heavy atom. The van der Waals surface area contributed by atoms with E-state index in [9.17, 15) is 4.79 Å². The van der Waals surface area contributed by atoms with Crippen LogP contribution in [0.3, 0.4) is 0 Å². The van der Waals surface area contributed by atoms with Crippen molar-refractivity contribution >= 4 is 34.0 Å². The van der Waals surface area contributed by atoms with E-state index in [4.69, 9.17) is 16.3 Å². The van der Waals surface area contributed by atoms with Crippen molar-refractivity contribution in [3.05, 3.63) is 76.8 Å². The van der Waals surface area contributed by atoms with Crippen molar-refractivity contribution in [3.8, 4) is 5.75 Å². The van der Waals surface area contributed by atoms with Crippen LogP contribution in [0.1, 0.15) is 18.1 Å². The minimum absolute atomic E-state index is 0.114. The van der Waals surface area contributed by atoms with E-state index in [-0.39, 0.29) is 12.5 Å². The first-order valence-electron chi connectivity index (χ1n) is 8.24. The maximum absolute atomic E-state index is 12.0. The fraction of sp³-hybridized carbons (Fsp3) is 0.143. The van der Waals surface area contributed by atoms with Gasteiger partial charge in [0.15, 0.2) is 6.61 Å². The van der Waals surface area contributed by atoms with Crippen LogP contribution in [0.2, 0.25) is 5.02 Å². The maximum Gasteiger partial charge on any atom is 0.277 e. The second-order valence-corrected chi connectivity index (χ2v) is 6.43. The summed E-state index contributed by atoms with van der Waals surface area (Å²) in [5.74, 6) is 0.305. The van der Waals surface area contributed by atoms with Gasteiger partial charge in [-0.05, 0) is 60.0 Å². The van der Waals surface area contributed by atoms with E-state index in [1.54, 1.807) is 18.2 Å². The topological polar surface area (TPSA) is 50.7 Å². The molecule has 0 atom stereocenters. The van der Waals surface area contributed by atoms with E-state index < -0.39 is 0 Å². The molecule has 0 radical (unpaired) electrons. The van der Waals surface area contributed by atoms with Crippen molar-refractivity contribution in [1.82, 2.24) is 5.43 Å². The first kappa shape index (κ1) is 18.0. The number of hydrazone groups is 1. The molecule has 0 unspecified atom stereocenters. The summed E-state index contributed by atoms with van der Waals surface area (Å²) in [4.78, 5) is 12.0. The van der Waals surface area contributed by atoms with Gasteiger partial charge in [-0.25, -0.2) is 5.43 Å². The summed E-state index contributed by atoms with van der Waals surface area (Å²) in [6, 6.07) is 19.4. The summed E-state index contributed by atoms with van der Waals surface area (Å²) < 4.78 is 5.51. The van der Waals surface area contributed by atoms with Gasteiger partial charge in [-0.3, -0.25) is 4.79 Å². The van der Waals surface area contributed by atoms with Crippen molar-refractivity contribution in [1.29, 1.82) is 0 Å². The number of benzene rings is 3. The van der Waals surface area contributed by atoms with Gasteiger partial charge in [0.2, 0.25) is 0 Å². The number of nitrogens with one attached hydrogen (secondary N) is 1. The Labute approximate surface area is 157 Å². The zero-order valence-corrected chi connectivity index (χ0v) is 15.4. The molecule has 0 aromatic heterocycles. The molecule has 0 aliphatic heterocycles. The lowest BCUT2D eigenvalue weighted by Gasteiger charge is -2.09. The van der Waals surface area contributed by atoms with Crippen LogP contribution in [0.25, 0.3) is 10.8 Å². The highest BCUT2D eigenvalue weighted by molar-refractivity contribution is 6.30. The molecule has 0 saturated carbocycles. The lowest BCUT2D eigenvalue weighted by molar-refractivity contribution is -0.123. The van der Waals surface area contributed by atoms with E-state index in [0.29, 0.717) is 10.8 Å². The van der Waals surface area contributed by atoms with Gasteiger partial charge < -0.3 is 4.74 Å². The van der Waals surface area contributed by atoms with E-state index in [1.165, 1.54) is 5.39 Å². The molecule has 0 spiro atoms. The Kier molecular flexibility index (Phi) is 5.54. The third kappa shape index (κ3) is 4.41. The third-order valence-electron chi connectivity index (χ3n) is 4.01. The fourth-order valence-corrected chi connectivity index (χ4v) is 2.80. The largest absolute Gasteiger partial charge is 0.483 e. The van der Waals surface area contributed by atoms with Gasteiger partial charge in [0, 0.05) is 5.02 Å². The summed E-state index contributed by atoms with van der Waals surface area (Å²) in [5, 5.41) is 7.10. The van der Waals surface area contributed by atoms with Crippen molar-refractivity contribution in [2.45, 2.75) is 13.8 Å². The van der Waals surface area contributed by atoms with Crippen LogP contribution in [0.15, 0.2) is 65.8 Å². The monoisotopic (exact) mass is 366 g/mol. The average molecular weight is 367 g/mol. The minimum Gasteiger partial charge on any atom is -0.483 e. The first-order chi connectivity index (χ1) is 12.5. The van der Waals surface area contributed by atoms with E-state index in [2.05, 4.69) is 16.6 Å². The fourth-order valence-electron chi connectivity index (χ4n) is 2.58. The number of carbonyl (C=O) groups is 1. The Morgan fingerprint density at radius 1 is 1.08 bits per heavy atom. The molecule has 3 aromatic rings. The number of hydrogen-bond donors (Lipinski definition) is 1. The molecule has 1 amide bonds. The highest BCUT2D eigenvalue weighted by Crippen LogP contribution is 2.21. The van der Waals surface area contributed by atoms with Crippen LogP contribution in [-0.2, 0) is 4.79 Å². The molecule has 3 aromatic carbocycles. The van der Waals surface area contributed by atoms with Gasteiger partial charge in [0.25, 0.3) is 5.91 Å². The average Bonchev–Trinajstić information content (AvgIpc) is 2.65. The summed E-state index contributed by atoms with van der Waals surface area (Å²) in [6.07, 6.45) is 0. The minimum atomic E-state index is -0.320. The molecule has 0 aliphatic rings. The van der Waals surface area contributed by atoms with Gasteiger partial charge in [0.05, 0.1) is 5.71 Å². The first-order valence-corrected chi connectivity index (χ1v) is 8.62. The van der Waals surface area contributed by atoms with Gasteiger partial charge >= 0.3 is 0 Å². The number of aryl methyl sites for hydroxylation is 1. The van der Waals surface area contributed by atoms with Gasteiger partial charge in [-0.15, -0.1) is 0 Å². The number of rotatable bonds is 5. The third-order valence-corrected chi connectivity index (χ3v) is 4.25. The number of nitrogens with zero attached hydrogens (tertiary/aromatic N) is 1. The van der Waals surface area contributed by atoms with E-state index in [0.717, 1.165) is 22.2 Å². The standard InChI is InChI=1S/C21H19ClN2O2/c1-14-11-19(22)9-10-20(14)26-13-21(25)24-23-15(2)17-8-7-16-5-3-4-6-18(16)12-17/h3-12H,13H2,1-2H3,(H,24,25). The number of fused-ring (bicyclic) bond motifs is 1. The van der Waals surface area contributed by atoms with Crippen molar-refractivity contribution in [2.75, 3.05) is 6.61 Å². The molecular weight excluding hydrogens is 348 g/mol. The lowest BCUT2D eigenvalue weighted by Crippen LogP contribution is -2.25. The molecule has 0 heterocycles. The lowest BCUT2D eigenvalue weighted by atomic mass is 10.0. The molecule has 0 fully saturated rings. The molecular formula is C21H19ClN2O2. The summed E-state index contributed by atoms with van der Waals surface area (Å²) >= 11 is 5.91. The highest BCUT2D eigenvalue weighted by Gasteiger charge is 2.06. The molecule has 0 saturated heterocycles. The molecule has 0 aliphatic carbocycles. The van der Waals surface area contributed by atoms with Gasteiger partial charge in [-0.2, -0.15) is 5.10 Å². The molecule has 5 heteroatoms. The Hall–Kier alpha value is -2.85. The predicted octanol–water partition coefficient (Wildman–Crippen LogP) is 4.72. The maximum atomic E-state index is 12.0.